The van der Waals surface area contributed by atoms with Crippen molar-refractivity contribution in [2.75, 3.05) is 5.32 Å². The Morgan fingerprint density at radius 1 is 1.24 bits per heavy atom. The summed E-state index contributed by atoms with van der Waals surface area (Å²) in [5, 5.41) is 20.7. The molecule has 2 rings (SSSR count). The minimum atomic E-state index is -0.109. The van der Waals surface area contributed by atoms with Gasteiger partial charge < -0.3 is 5.32 Å². The van der Waals surface area contributed by atoms with Crippen LogP contribution in [0, 0.1) is 25.2 Å². The van der Waals surface area contributed by atoms with Crippen LogP contribution in [-0.2, 0) is 4.79 Å². The van der Waals surface area contributed by atoms with Crippen LogP contribution in [0.25, 0.3) is 0 Å². The Morgan fingerprint density at radius 2 is 1.90 bits per heavy atom. The summed E-state index contributed by atoms with van der Waals surface area (Å²) in [6.07, 6.45) is 0. The summed E-state index contributed by atoms with van der Waals surface area (Å²) in [4.78, 5) is 11.9. The molecule has 0 radical (unpaired) electrons. The van der Waals surface area contributed by atoms with Gasteiger partial charge in [-0.1, -0.05) is 11.8 Å². The Labute approximate surface area is 127 Å². The van der Waals surface area contributed by atoms with Crippen molar-refractivity contribution >= 4 is 23.4 Å². The number of hydrogen-bond donors (Lipinski definition) is 1. The van der Waals surface area contributed by atoms with Gasteiger partial charge in [-0.05, 0) is 43.7 Å². The molecule has 1 aromatic heterocycles. The Bertz CT molecular complexity index is 720. The van der Waals surface area contributed by atoms with Gasteiger partial charge in [0.25, 0.3) is 0 Å². The highest BCUT2D eigenvalue weighted by atomic mass is 32.2. The summed E-state index contributed by atoms with van der Waals surface area (Å²) in [6.45, 7) is 5.17. The van der Waals surface area contributed by atoms with Crippen molar-refractivity contribution < 1.29 is 4.79 Å². The molecule has 21 heavy (non-hydrogen) atoms. The molecular weight excluding hydrogens is 284 g/mol. The van der Waals surface area contributed by atoms with Crippen LogP contribution in [-0.4, -0.2) is 16.1 Å². The Balaban J connectivity index is 2.25. The number of amides is 1. The van der Waals surface area contributed by atoms with Crippen LogP contribution in [0.2, 0.25) is 0 Å². The number of rotatable bonds is 3. The fourth-order valence-corrected chi connectivity index (χ4v) is 2.59. The average Bonchev–Trinajstić information content (AvgIpc) is 2.45. The van der Waals surface area contributed by atoms with Crippen molar-refractivity contribution in [1.29, 1.82) is 5.26 Å². The van der Waals surface area contributed by atoms with Gasteiger partial charge in [-0.3, -0.25) is 4.79 Å². The number of aromatic nitrogens is 2. The molecule has 1 amide bonds. The van der Waals surface area contributed by atoms with Crippen LogP contribution < -0.4 is 5.32 Å². The molecule has 1 N–H and O–H groups in total. The Morgan fingerprint density at radius 3 is 2.48 bits per heavy atom. The van der Waals surface area contributed by atoms with Crippen molar-refractivity contribution in [2.24, 2.45) is 0 Å². The summed E-state index contributed by atoms with van der Waals surface area (Å²) < 4.78 is 0. The van der Waals surface area contributed by atoms with Crippen molar-refractivity contribution in [1.82, 2.24) is 10.2 Å². The maximum Gasteiger partial charge on any atom is 0.221 e. The third-order valence-corrected chi connectivity index (χ3v) is 3.91. The van der Waals surface area contributed by atoms with Gasteiger partial charge in [0.2, 0.25) is 5.91 Å². The van der Waals surface area contributed by atoms with E-state index in [1.807, 2.05) is 38.1 Å². The molecule has 0 spiro atoms. The summed E-state index contributed by atoms with van der Waals surface area (Å²) in [7, 11) is 0. The lowest BCUT2D eigenvalue weighted by Gasteiger charge is -2.07. The molecule has 1 heterocycles. The van der Waals surface area contributed by atoms with E-state index in [4.69, 9.17) is 0 Å². The van der Waals surface area contributed by atoms with E-state index < -0.39 is 0 Å². The predicted molar refractivity (Wildman–Crippen MR) is 81.1 cm³/mol. The third kappa shape index (κ3) is 3.58. The molecule has 5 nitrogen and oxygen atoms in total. The van der Waals surface area contributed by atoms with E-state index >= 15 is 0 Å². The minimum Gasteiger partial charge on any atom is -0.326 e. The second kappa shape index (κ2) is 6.37. The molecule has 0 saturated carbocycles. The second-order valence-corrected chi connectivity index (χ2v) is 5.57. The molecule has 0 aliphatic rings. The number of aryl methyl sites for hydroxylation is 1. The van der Waals surface area contributed by atoms with Gasteiger partial charge in [0.1, 0.15) is 11.1 Å². The summed E-state index contributed by atoms with van der Waals surface area (Å²) >= 11 is 1.38. The quantitative estimate of drug-likeness (QED) is 0.942. The van der Waals surface area contributed by atoms with Crippen LogP contribution in [0.4, 0.5) is 5.69 Å². The molecule has 0 atom stereocenters. The third-order valence-electron chi connectivity index (χ3n) is 2.92. The van der Waals surface area contributed by atoms with Gasteiger partial charge in [0.05, 0.1) is 11.3 Å². The summed E-state index contributed by atoms with van der Waals surface area (Å²) in [5.41, 5.74) is 2.90. The largest absolute Gasteiger partial charge is 0.326 e. The summed E-state index contributed by atoms with van der Waals surface area (Å²) in [5.74, 6) is -0.109. The lowest BCUT2D eigenvalue weighted by Crippen LogP contribution is -2.05. The lowest BCUT2D eigenvalue weighted by molar-refractivity contribution is -0.114. The zero-order chi connectivity index (χ0) is 15.4. The number of nitrogens with zero attached hydrogens (tertiary/aromatic N) is 3. The van der Waals surface area contributed by atoms with Crippen LogP contribution in [0.15, 0.2) is 34.2 Å². The van der Waals surface area contributed by atoms with Crippen LogP contribution >= 0.6 is 11.8 Å². The van der Waals surface area contributed by atoms with E-state index in [1.54, 1.807) is 0 Å². The molecular formula is C15H14N4OS. The van der Waals surface area contributed by atoms with E-state index in [-0.39, 0.29) is 5.91 Å². The van der Waals surface area contributed by atoms with Gasteiger partial charge in [-0.2, -0.15) is 10.4 Å². The highest BCUT2D eigenvalue weighted by Crippen LogP contribution is 2.30. The first-order chi connectivity index (χ1) is 10.0. The topological polar surface area (TPSA) is 78.7 Å². The van der Waals surface area contributed by atoms with Crippen molar-refractivity contribution in [3.8, 4) is 6.07 Å². The van der Waals surface area contributed by atoms with Crippen LogP contribution in [0.5, 0.6) is 0 Å². The van der Waals surface area contributed by atoms with E-state index in [9.17, 15) is 10.1 Å². The predicted octanol–water partition coefficient (Wildman–Crippen LogP) is 3.07. The van der Waals surface area contributed by atoms with Crippen LogP contribution in [0.1, 0.15) is 23.7 Å². The molecule has 0 saturated heterocycles. The number of carbonyl (C=O) groups is 1. The zero-order valence-electron chi connectivity index (χ0n) is 12.0. The Hall–Kier alpha value is -2.39. The van der Waals surface area contributed by atoms with Crippen LogP contribution in [0.3, 0.4) is 0 Å². The number of benzene rings is 1. The molecule has 1 aromatic carbocycles. The van der Waals surface area contributed by atoms with Crippen molar-refractivity contribution in [3.05, 3.63) is 41.1 Å². The normalized spacial score (nSPS) is 10.0. The minimum absolute atomic E-state index is 0.109. The molecule has 0 aliphatic heterocycles. The van der Waals surface area contributed by atoms with E-state index in [0.29, 0.717) is 10.6 Å². The first-order valence-corrected chi connectivity index (χ1v) is 7.12. The second-order valence-electron chi connectivity index (χ2n) is 4.51. The van der Waals surface area contributed by atoms with E-state index in [0.717, 1.165) is 21.8 Å². The maximum atomic E-state index is 11.0. The molecule has 0 aliphatic carbocycles. The van der Waals surface area contributed by atoms with Gasteiger partial charge in [0, 0.05) is 17.5 Å². The standard InChI is InChI=1S/C15H14N4OS/c1-9-10(2)18-19-15(14(9)8-16)21-13-6-4-12(5-7-13)17-11(3)20/h4-7H,1-3H3,(H,17,20). The molecule has 0 unspecified atom stereocenters. The van der Waals surface area contributed by atoms with Gasteiger partial charge in [-0.25, -0.2) is 0 Å². The highest BCUT2D eigenvalue weighted by molar-refractivity contribution is 7.99. The maximum absolute atomic E-state index is 11.0. The first kappa shape index (κ1) is 15.0. The monoisotopic (exact) mass is 298 g/mol. The fourth-order valence-electron chi connectivity index (χ4n) is 1.71. The molecule has 0 bridgehead atoms. The van der Waals surface area contributed by atoms with Gasteiger partial charge in [-0.15, -0.1) is 5.10 Å². The van der Waals surface area contributed by atoms with Crippen molar-refractivity contribution in [2.45, 2.75) is 30.7 Å². The zero-order valence-corrected chi connectivity index (χ0v) is 12.8. The number of carbonyl (C=O) groups excluding carboxylic acids is 1. The highest BCUT2D eigenvalue weighted by Gasteiger charge is 2.12. The molecule has 6 heteroatoms. The van der Waals surface area contributed by atoms with Gasteiger partial charge in [0.15, 0.2) is 0 Å². The van der Waals surface area contributed by atoms with E-state index in [2.05, 4.69) is 21.6 Å². The number of anilines is 1. The molecule has 106 valence electrons. The SMILES string of the molecule is CC(=O)Nc1ccc(Sc2nnc(C)c(C)c2C#N)cc1. The average molecular weight is 298 g/mol. The number of nitrogens with one attached hydrogen (secondary N) is 1. The Kier molecular flexibility index (Phi) is 4.55. The smallest absolute Gasteiger partial charge is 0.221 e. The fraction of sp³-hybridized carbons (Fsp3) is 0.200. The van der Waals surface area contributed by atoms with Crippen molar-refractivity contribution in [3.63, 3.8) is 0 Å². The number of nitriles is 1. The molecule has 0 fully saturated rings. The summed E-state index contributed by atoms with van der Waals surface area (Å²) in [6, 6.07) is 9.54. The van der Waals surface area contributed by atoms with E-state index in [1.165, 1.54) is 18.7 Å². The van der Waals surface area contributed by atoms with Gasteiger partial charge >= 0.3 is 0 Å². The first-order valence-electron chi connectivity index (χ1n) is 6.30. The molecule has 2 aromatic rings. The number of hydrogen-bond acceptors (Lipinski definition) is 5. The lowest BCUT2D eigenvalue weighted by atomic mass is 10.1.